The standard InChI is InChI=1S/C18H21FN2/c1-15-2-4-16(5-3-15)14-20-10-12-21(13-11-20)18-8-6-17(19)7-9-18/h2-9H,10-14H2,1H3/p+1. The summed E-state index contributed by atoms with van der Waals surface area (Å²) in [5, 5.41) is 0. The van der Waals surface area contributed by atoms with E-state index in [4.69, 9.17) is 0 Å². The molecule has 2 aromatic carbocycles. The second-order valence-corrected chi connectivity index (χ2v) is 5.88. The maximum absolute atomic E-state index is 13.0. The highest BCUT2D eigenvalue weighted by atomic mass is 19.1. The van der Waals surface area contributed by atoms with Crippen molar-refractivity contribution >= 4 is 5.69 Å². The molecular formula is C18H22FN2+. The average Bonchev–Trinajstić information content (AvgIpc) is 2.51. The van der Waals surface area contributed by atoms with Crippen molar-refractivity contribution in [2.75, 3.05) is 31.1 Å². The smallest absolute Gasteiger partial charge is 0.123 e. The Labute approximate surface area is 125 Å². The van der Waals surface area contributed by atoms with Gasteiger partial charge in [-0.25, -0.2) is 4.39 Å². The molecule has 1 fully saturated rings. The fourth-order valence-corrected chi connectivity index (χ4v) is 2.90. The molecule has 110 valence electrons. The summed E-state index contributed by atoms with van der Waals surface area (Å²) in [6, 6.07) is 15.7. The van der Waals surface area contributed by atoms with E-state index in [1.165, 1.54) is 11.1 Å². The zero-order valence-corrected chi connectivity index (χ0v) is 12.5. The lowest BCUT2D eigenvalue weighted by molar-refractivity contribution is -0.914. The molecule has 1 N–H and O–H groups in total. The molecule has 1 aliphatic rings. The first-order chi connectivity index (χ1) is 10.2. The van der Waals surface area contributed by atoms with Crippen LogP contribution in [-0.4, -0.2) is 26.2 Å². The molecule has 3 heteroatoms. The Morgan fingerprint density at radius 2 is 1.57 bits per heavy atom. The molecule has 1 saturated heterocycles. The Morgan fingerprint density at radius 3 is 2.19 bits per heavy atom. The SMILES string of the molecule is Cc1ccc(C[NH+]2CCN(c3ccc(F)cc3)CC2)cc1. The number of nitrogens with zero attached hydrogens (tertiary/aromatic N) is 1. The van der Waals surface area contributed by atoms with E-state index in [0.717, 1.165) is 38.4 Å². The maximum Gasteiger partial charge on any atom is 0.123 e. The van der Waals surface area contributed by atoms with E-state index in [1.807, 2.05) is 12.1 Å². The molecule has 0 radical (unpaired) electrons. The van der Waals surface area contributed by atoms with Gasteiger partial charge in [0.1, 0.15) is 12.4 Å². The number of aryl methyl sites for hydroxylation is 1. The van der Waals surface area contributed by atoms with Gasteiger partial charge in [-0.1, -0.05) is 29.8 Å². The number of benzene rings is 2. The fourth-order valence-electron chi connectivity index (χ4n) is 2.90. The van der Waals surface area contributed by atoms with Crippen molar-refractivity contribution in [3.63, 3.8) is 0 Å². The molecule has 0 saturated carbocycles. The molecule has 3 rings (SSSR count). The summed E-state index contributed by atoms with van der Waals surface area (Å²) in [6.45, 7) is 7.55. The number of halogens is 1. The predicted octanol–water partition coefficient (Wildman–Crippen LogP) is 2.04. The number of hydrogen-bond donors (Lipinski definition) is 1. The van der Waals surface area contributed by atoms with E-state index in [0.29, 0.717) is 0 Å². The van der Waals surface area contributed by atoms with Crippen LogP contribution in [0.15, 0.2) is 48.5 Å². The Morgan fingerprint density at radius 1 is 0.952 bits per heavy atom. The van der Waals surface area contributed by atoms with Crippen molar-refractivity contribution in [3.05, 3.63) is 65.5 Å². The van der Waals surface area contributed by atoms with Gasteiger partial charge in [-0.15, -0.1) is 0 Å². The number of anilines is 1. The van der Waals surface area contributed by atoms with Crippen molar-refractivity contribution < 1.29 is 9.29 Å². The minimum atomic E-state index is -0.164. The fraction of sp³-hybridized carbons (Fsp3) is 0.333. The Hall–Kier alpha value is -1.87. The molecule has 0 spiro atoms. The van der Waals surface area contributed by atoms with Crippen molar-refractivity contribution in [3.8, 4) is 0 Å². The van der Waals surface area contributed by atoms with Crippen molar-refractivity contribution in [1.29, 1.82) is 0 Å². The van der Waals surface area contributed by atoms with Crippen LogP contribution in [0.2, 0.25) is 0 Å². The summed E-state index contributed by atoms with van der Waals surface area (Å²) in [7, 11) is 0. The van der Waals surface area contributed by atoms with Gasteiger partial charge in [0, 0.05) is 11.3 Å². The Balaban J connectivity index is 1.55. The van der Waals surface area contributed by atoms with Gasteiger partial charge in [0.05, 0.1) is 26.2 Å². The van der Waals surface area contributed by atoms with Crippen molar-refractivity contribution in [1.82, 2.24) is 0 Å². The first-order valence-electron chi connectivity index (χ1n) is 7.60. The van der Waals surface area contributed by atoms with Crippen LogP contribution in [0.5, 0.6) is 0 Å². The second-order valence-electron chi connectivity index (χ2n) is 5.88. The lowest BCUT2D eigenvalue weighted by Crippen LogP contribution is -3.13. The zero-order valence-electron chi connectivity index (χ0n) is 12.5. The van der Waals surface area contributed by atoms with E-state index >= 15 is 0 Å². The molecule has 2 nitrogen and oxygen atoms in total. The molecule has 0 amide bonds. The topological polar surface area (TPSA) is 7.68 Å². The van der Waals surface area contributed by atoms with Crippen LogP contribution in [0.4, 0.5) is 10.1 Å². The molecule has 1 heterocycles. The van der Waals surface area contributed by atoms with E-state index in [1.54, 1.807) is 17.0 Å². The Kier molecular flexibility index (Phi) is 4.20. The van der Waals surface area contributed by atoms with Crippen LogP contribution in [-0.2, 0) is 6.54 Å². The highest BCUT2D eigenvalue weighted by molar-refractivity contribution is 5.46. The molecule has 1 aliphatic heterocycles. The molecule has 0 atom stereocenters. The van der Waals surface area contributed by atoms with Crippen LogP contribution in [0.25, 0.3) is 0 Å². The van der Waals surface area contributed by atoms with Gasteiger partial charge in [0.2, 0.25) is 0 Å². The summed E-state index contributed by atoms with van der Waals surface area (Å²) in [5.41, 5.74) is 3.85. The molecular weight excluding hydrogens is 263 g/mol. The molecule has 0 aromatic heterocycles. The van der Waals surface area contributed by atoms with Gasteiger partial charge in [-0.2, -0.15) is 0 Å². The quantitative estimate of drug-likeness (QED) is 0.907. The summed E-state index contributed by atoms with van der Waals surface area (Å²) >= 11 is 0. The normalized spacial score (nSPS) is 16.2. The molecule has 0 aliphatic carbocycles. The summed E-state index contributed by atoms with van der Waals surface area (Å²) < 4.78 is 13.0. The predicted molar refractivity (Wildman–Crippen MR) is 84.2 cm³/mol. The first kappa shape index (κ1) is 14.1. The lowest BCUT2D eigenvalue weighted by Gasteiger charge is -2.33. The van der Waals surface area contributed by atoms with Crippen LogP contribution in [0.3, 0.4) is 0 Å². The van der Waals surface area contributed by atoms with Crippen molar-refractivity contribution in [2.45, 2.75) is 13.5 Å². The average molecular weight is 285 g/mol. The summed E-state index contributed by atoms with van der Waals surface area (Å²) in [6.07, 6.45) is 0. The van der Waals surface area contributed by atoms with Gasteiger partial charge in [0.25, 0.3) is 0 Å². The number of piperazine rings is 1. The number of quaternary nitrogens is 1. The first-order valence-corrected chi connectivity index (χ1v) is 7.60. The van der Waals surface area contributed by atoms with E-state index < -0.39 is 0 Å². The lowest BCUT2D eigenvalue weighted by atomic mass is 10.1. The van der Waals surface area contributed by atoms with Crippen LogP contribution in [0.1, 0.15) is 11.1 Å². The third-order valence-corrected chi connectivity index (χ3v) is 4.24. The maximum atomic E-state index is 13.0. The number of nitrogens with one attached hydrogen (secondary N) is 1. The minimum absolute atomic E-state index is 0.164. The summed E-state index contributed by atoms with van der Waals surface area (Å²) in [4.78, 5) is 3.97. The monoisotopic (exact) mass is 285 g/mol. The summed E-state index contributed by atoms with van der Waals surface area (Å²) in [5.74, 6) is -0.164. The number of hydrogen-bond acceptors (Lipinski definition) is 1. The Bertz CT molecular complexity index is 569. The second kappa shape index (κ2) is 6.27. The van der Waals surface area contributed by atoms with E-state index in [2.05, 4.69) is 36.1 Å². The largest absolute Gasteiger partial charge is 0.360 e. The minimum Gasteiger partial charge on any atom is -0.360 e. The molecule has 2 aromatic rings. The number of rotatable bonds is 3. The van der Waals surface area contributed by atoms with Gasteiger partial charge >= 0.3 is 0 Å². The van der Waals surface area contributed by atoms with Gasteiger partial charge < -0.3 is 9.80 Å². The highest BCUT2D eigenvalue weighted by Crippen LogP contribution is 2.14. The zero-order chi connectivity index (χ0) is 14.7. The van der Waals surface area contributed by atoms with E-state index in [9.17, 15) is 4.39 Å². The van der Waals surface area contributed by atoms with Crippen LogP contribution < -0.4 is 9.80 Å². The third-order valence-electron chi connectivity index (χ3n) is 4.24. The van der Waals surface area contributed by atoms with Crippen LogP contribution in [0, 0.1) is 12.7 Å². The van der Waals surface area contributed by atoms with Crippen molar-refractivity contribution in [2.24, 2.45) is 0 Å². The highest BCUT2D eigenvalue weighted by Gasteiger charge is 2.20. The third kappa shape index (κ3) is 3.61. The van der Waals surface area contributed by atoms with E-state index in [-0.39, 0.29) is 5.82 Å². The van der Waals surface area contributed by atoms with Gasteiger partial charge in [0.15, 0.2) is 0 Å². The molecule has 0 bridgehead atoms. The van der Waals surface area contributed by atoms with Gasteiger partial charge in [-0.05, 0) is 31.2 Å². The molecule has 0 unspecified atom stereocenters. The van der Waals surface area contributed by atoms with Crippen LogP contribution >= 0.6 is 0 Å². The molecule has 21 heavy (non-hydrogen) atoms. The van der Waals surface area contributed by atoms with Gasteiger partial charge in [-0.3, -0.25) is 0 Å².